The maximum Gasteiger partial charge on any atom is 0.327 e. The van der Waals surface area contributed by atoms with Gasteiger partial charge >= 0.3 is 5.97 Å². The van der Waals surface area contributed by atoms with Crippen LogP contribution in [0.15, 0.2) is 12.4 Å². The number of methoxy groups -OCH3 is 1. The second-order valence-corrected chi connectivity index (χ2v) is 3.55. The molecule has 1 N–H and O–H groups in total. The van der Waals surface area contributed by atoms with Crippen molar-refractivity contribution in [3.05, 3.63) is 18.0 Å². The molecule has 1 atom stereocenters. The fraction of sp³-hybridized carbons (Fsp3) is 0.636. The lowest BCUT2D eigenvalue weighted by Crippen LogP contribution is -2.29. The first-order valence-corrected chi connectivity index (χ1v) is 5.56. The summed E-state index contributed by atoms with van der Waals surface area (Å²) in [5, 5.41) is 7.27. The van der Waals surface area contributed by atoms with Gasteiger partial charge in [0.05, 0.1) is 13.3 Å². The predicted octanol–water partition coefficient (Wildman–Crippen LogP) is 1.12. The normalized spacial score (nSPS) is 12.4. The highest BCUT2D eigenvalue weighted by molar-refractivity contribution is 5.77. The molecule has 0 amide bonds. The van der Waals surface area contributed by atoms with Gasteiger partial charge in [-0.2, -0.15) is 5.10 Å². The van der Waals surface area contributed by atoms with Crippen LogP contribution < -0.4 is 5.32 Å². The number of likely N-dealkylation sites (N-methyl/N-ethyl adjacent to an activating group) is 1. The van der Waals surface area contributed by atoms with E-state index in [1.807, 2.05) is 17.8 Å². The van der Waals surface area contributed by atoms with E-state index in [1.54, 1.807) is 6.20 Å². The average molecular weight is 225 g/mol. The fourth-order valence-electron chi connectivity index (χ4n) is 1.54. The molecule has 0 saturated heterocycles. The number of rotatable bonds is 6. The lowest BCUT2D eigenvalue weighted by molar-refractivity contribution is -0.143. The van der Waals surface area contributed by atoms with Crippen molar-refractivity contribution in [2.45, 2.75) is 32.9 Å². The Hall–Kier alpha value is -1.36. The van der Waals surface area contributed by atoms with E-state index >= 15 is 0 Å². The molecule has 0 saturated carbocycles. The largest absolute Gasteiger partial charge is 0.468 e. The standard InChI is InChI=1S/C11H19N3O2/c1-4-6-14-8-9(7-13-14)10(12-5-2)11(15)16-3/h7-8,10,12H,4-6H2,1-3H3. The number of esters is 1. The maximum atomic E-state index is 11.5. The van der Waals surface area contributed by atoms with Gasteiger partial charge in [0, 0.05) is 18.3 Å². The molecule has 0 spiro atoms. The molecule has 1 heterocycles. The Morgan fingerprint density at radius 1 is 1.62 bits per heavy atom. The number of carbonyl (C=O) groups excluding carboxylic acids is 1. The third kappa shape index (κ3) is 3.06. The average Bonchev–Trinajstić information content (AvgIpc) is 2.74. The molecule has 0 aromatic carbocycles. The van der Waals surface area contributed by atoms with Gasteiger partial charge in [-0.25, -0.2) is 4.79 Å². The van der Waals surface area contributed by atoms with E-state index in [4.69, 9.17) is 4.74 Å². The van der Waals surface area contributed by atoms with Gasteiger partial charge in [-0.1, -0.05) is 13.8 Å². The van der Waals surface area contributed by atoms with Gasteiger partial charge in [-0.05, 0) is 13.0 Å². The van der Waals surface area contributed by atoms with Crippen molar-refractivity contribution in [1.82, 2.24) is 15.1 Å². The molecule has 0 radical (unpaired) electrons. The number of nitrogens with zero attached hydrogens (tertiary/aromatic N) is 2. The fourth-order valence-corrected chi connectivity index (χ4v) is 1.54. The van der Waals surface area contributed by atoms with Gasteiger partial charge < -0.3 is 10.1 Å². The molecule has 1 rings (SSSR count). The first-order chi connectivity index (χ1) is 7.72. The van der Waals surface area contributed by atoms with Crippen molar-refractivity contribution >= 4 is 5.97 Å². The highest BCUT2D eigenvalue weighted by Gasteiger charge is 2.21. The van der Waals surface area contributed by atoms with Crippen molar-refractivity contribution in [2.24, 2.45) is 0 Å². The molecule has 16 heavy (non-hydrogen) atoms. The van der Waals surface area contributed by atoms with E-state index in [9.17, 15) is 4.79 Å². The first-order valence-electron chi connectivity index (χ1n) is 5.56. The molecule has 5 nitrogen and oxygen atoms in total. The number of carbonyl (C=O) groups is 1. The molecule has 0 aliphatic carbocycles. The highest BCUT2D eigenvalue weighted by atomic mass is 16.5. The van der Waals surface area contributed by atoms with Crippen LogP contribution in [0, 0.1) is 0 Å². The molecule has 0 fully saturated rings. The van der Waals surface area contributed by atoms with Crippen molar-refractivity contribution in [2.75, 3.05) is 13.7 Å². The van der Waals surface area contributed by atoms with Crippen LogP contribution in [-0.2, 0) is 16.1 Å². The van der Waals surface area contributed by atoms with Crippen molar-refractivity contribution in [3.8, 4) is 0 Å². The Kier molecular flexibility index (Phi) is 4.98. The minimum Gasteiger partial charge on any atom is -0.468 e. The van der Waals surface area contributed by atoms with Crippen LogP contribution >= 0.6 is 0 Å². The molecule has 0 aliphatic heterocycles. The summed E-state index contributed by atoms with van der Waals surface area (Å²) in [5.74, 6) is -0.280. The maximum absolute atomic E-state index is 11.5. The lowest BCUT2D eigenvalue weighted by Gasteiger charge is -2.13. The number of nitrogens with one attached hydrogen (secondary N) is 1. The molecule has 90 valence electrons. The predicted molar refractivity (Wildman–Crippen MR) is 61.0 cm³/mol. The van der Waals surface area contributed by atoms with Gasteiger partial charge in [0.2, 0.25) is 0 Å². The zero-order valence-corrected chi connectivity index (χ0v) is 10.1. The Labute approximate surface area is 95.8 Å². The Morgan fingerprint density at radius 3 is 2.94 bits per heavy atom. The third-order valence-electron chi connectivity index (χ3n) is 2.28. The summed E-state index contributed by atoms with van der Waals surface area (Å²) in [6.07, 6.45) is 4.61. The van der Waals surface area contributed by atoms with Crippen LogP contribution in [0.3, 0.4) is 0 Å². The summed E-state index contributed by atoms with van der Waals surface area (Å²) in [7, 11) is 1.39. The van der Waals surface area contributed by atoms with E-state index in [2.05, 4.69) is 17.3 Å². The van der Waals surface area contributed by atoms with Crippen LogP contribution in [0.5, 0.6) is 0 Å². The third-order valence-corrected chi connectivity index (χ3v) is 2.28. The Bertz CT molecular complexity index is 336. The molecule has 0 bridgehead atoms. The topological polar surface area (TPSA) is 56.2 Å². The van der Waals surface area contributed by atoms with Gasteiger partial charge in [-0.3, -0.25) is 4.68 Å². The molecule has 1 aromatic rings. The highest BCUT2D eigenvalue weighted by Crippen LogP contribution is 2.13. The quantitative estimate of drug-likeness (QED) is 0.737. The Balaban J connectivity index is 2.79. The number of hydrogen-bond donors (Lipinski definition) is 1. The van der Waals surface area contributed by atoms with E-state index in [0.717, 1.165) is 18.5 Å². The van der Waals surface area contributed by atoms with Crippen LogP contribution in [0.25, 0.3) is 0 Å². The second-order valence-electron chi connectivity index (χ2n) is 3.55. The van der Waals surface area contributed by atoms with E-state index < -0.39 is 6.04 Å². The zero-order chi connectivity index (χ0) is 12.0. The SMILES string of the molecule is CCCn1cc(C(NCC)C(=O)OC)cn1. The van der Waals surface area contributed by atoms with E-state index in [-0.39, 0.29) is 5.97 Å². The van der Waals surface area contributed by atoms with Crippen LogP contribution in [0.1, 0.15) is 31.9 Å². The van der Waals surface area contributed by atoms with Crippen molar-refractivity contribution in [1.29, 1.82) is 0 Å². The molecular formula is C11H19N3O2. The van der Waals surface area contributed by atoms with Crippen LogP contribution in [0.4, 0.5) is 0 Å². The number of aryl methyl sites for hydroxylation is 1. The van der Waals surface area contributed by atoms with Gasteiger partial charge in [0.25, 0.3) is 0 Å². The Morgan fingerprint density at radius 2 is 2.38 bits per heavy atom. The second kappa shape index (κ2) is 6.27. The summed E-state index contributed by atoms with van der Waals surface area (Å²) in [4.78, 5) is 11.5. The van der Waals surface area contributed by atoms with Crippen molar-refractivity contribution in [3.63, 3.8) is 0 Å². The van der Waals surface area contributed by atoms with Gasteiger partial charge in [-0.15, -0.1) is 0 Å². The molecule has 0 aliphatic rings. The van der Waals surface area contributed by atoms with Crippen LogP contribution in [0.2, 0.25) is 0 Å². The summed E-state index contributed by atoms with van der Waals surface area (Å²) in [6.45, 7) is 5.61. The summed E-state index contributed by atoms with van der Waals surface area (Å²) < 4.78 is 6.59. The summed E-state index contributed by atoms with van der Waals surface area (Å²) in [5.41, 5.74) is 0.849. The van der Waals surface area contributed by atoms with Crippen LogP contribution in [-0.4, -0.2) is 29.4 Å². The number of aromatic nitrogens is 2. The monoisotopic (exact) mass is 225 g/mol. The van der Waals surface area contributed by atoms with Crippen molar-refractivity contribution < 1.29 is 9.53 Å². The number of ether oxygens (including phenoxy) is 1. The van der Waals surface area contributed by atoms with E-state index in [0.29, 0.717) is 6.54 Å². The summed E-state index contributed by atoms with van der Waals surface area (Å²) in [6, 6.07) is -0.416. The van der Waals surface area contributed by atoms with Gasteiger partial charge in [0.15, 0.2) is 0 Å². The summed E-state index contributed by atoms with van der Waals surface area (Å²) >= 11 is 0. The van der Waals surface area contributed by atoms with Gasteiger partial charge in [0.1, 0.15) is 6.04 Å². The lowest BCUT2D eigenvalue weighted by atomic mass is 10.1. The molecule has 1 aromatic heterocycles. The molecule has 5 heteroatoms. The molecule has 1 unspecified atom stereocenters. The zero-order valence-electron chi connectivity index (χ0n) is 10.1. The minimum atomic E-state index is -0.416. The van der Waals surface area contributed by atoms with E-state index in [1.165, 1.54) is 7.11 Å². The number of hydrogen-bond acceptors (Lipinski definition) is 4. The smallest absolute Gasteiger partial charge is 0.327 e. The minimum absolute atomic E-state index is 0.280. The molecular weight excluding hydrogens is 206 g/mol. The first kappa shape index (κ1) is 12.7.